The van der Waals surface area contributed by atoms with Crippen LogP contribution >= 0.6 is 11.3 Å². The summed E-state index contributed by atoms with van der Waals surface area (Å²) in [5.41, 5.74) is 0. The van der Waals surface area contributed by atoms with Gasteiger partial charge >= 0.3 is 0 Å². The van der Waals surface area contributed by atoms with Crippen molar-refractivity contribution in [3.63, 3.8) is 0 Å². The molecule has 70 valence electrons. The molecule has 4 heteroatoms. The summed E-state index contributed by atoms with van der Waals surface area (Å²) < 4.78 is 5.26. The van der Waals surface area contributed by atoms with E-state index in [1.54, 1.807) is 6.20 Å². The summed E-state index contributed by atoms with van der Waals surface area (Å²) in [5, 5.41) is 1.09. The molecule has 1 aromatic rings. The molecule has 0 N–H and O–H groups in total. The zero-order chi connectivity index (χ0) is 9.10. The third kappa shape index (κ3) is 1.95. The Bertz CT molecular complexity index is 292. The highest BCUT2D eigenvalue weighted by molar-refractivity contribution is 7.13. The van der Waals surface area contributed by atoms with Crippen LogP contribution in [0.25, 0.3) is 0 Å². The van der Waals surface area contributed by atoms with Gasteiger partial charge in [-0.15, -0.1) is 11.3 Å². The minimum absolute atomic E-state index is 0.507. The summed E-state index contributed by atoms with van der Waals surface area (Å²) in [6, 6.07) is 0. The Morgan fingerprint density at radius 1 is 1.54 bits per heavy atom. The van der Waals surface area contributed by atoms with Crippen LogP contribution in [0.5, 0.6) is 0 Å². The molecule has 13 heavy (non-hydrogen) atoms. The van der Waals surface area contributed by atoms with Gasteiger partial charge in [0, 0.05) is 25.3 Å². The van der Waals surface area contributed by atoms with Crippen LogP contribution in [0.2, 0.25) is 0 Å². The van der Waals surface area contributed by atoms with Crippen molar-refractivity contribution in [1.82, 2.24) is 4.98 Å². The monoisotopic (exact) mass is 197 g/mol. The van der Waals surface area contributed by atoms with Crippen LogP contribution in [0, 0.1) is 0 Å². The molecule has 2 rings (SSSR count). The van der Waals surface area contributed by atoms with Crippen LogP contribution in [0.4, 0.5) is 0 Å². The second-order valence-corrected chi connectivity index (χ2v) is 4.20. The fourth-order valence-corrected chi connectivity index (χ4v) is 2.39. The van der Waals surface area contributed by atoms with E-state index in [0.29, 0.717) is 5.92 Å². The number of rotatable bonds is 2. The van der Waals surface area contributed by atoms with Crippen LogP contribution in [0.1, 0.15) is 33.4 Å². The highest BCUT2D eigenvalue weighted by Crippen LogP contribution is 2.29. The molecule has 1 aliphatic heterocycles. The van der Waals surface area contributed by atoms with Crippen LogP contribution in [-0.2, 0) is 4.74 Å². The maximum absolute atomic E-state index is 10.4. The van der Waals surface area contributed by atoms with Gasteiger partial charge in [0.1, 0.15) is 0 Å². The van der Waals surface area contributed by atoms with E-state index in [1.165, 1.54) is 11.3 Å². The summed E-state index contributed by atoms with van der Waals surface area (Å²) >= 11 is 1.50. The van der Waals surface area contributed by atoms with E-state index in [-0.39, 0.29) is 0 Å². The Morgan fingerprint density at radius 2 is 2.31 bits per heavy atom. The van der Waals surface area contributed by atoms with Gasteiger partial charge < -0.3 is 4.74 Å². The molecule has 0 bridgehead atoms. The average Bonchev–Trinajstić information content (AvgIpc) is 2.67. The second kappa shape index (κ2) is 3.98. The maximum Gasteiger partial charge on any atom is 0.161 e. The predicted molar refractivity (Wildman–Crippen MR) is 50.3 cm³/mol. The number of thiazole rings is 1. The van der Waals surface area contributed by atoms with Crippen LogP contribution in [0.3, 0.4) is 0 Å². The number of aldehydes is 1. The minimum atomic E-state index is 0.507. The number of ether oxygens (including phenoxy) is 1. The van der Waals surface area contributed by atoms with E-state index < -0.39 is 0 Å². The zero-order valence-corrected chi connectivity index (χ0v) is 8.05. The van der Waals surface area contributed by atoms with E-state index in [0.717, 1.165) is 42.2 Å². The SMILES string of the molecule is O=Cc1cnc(C2CCOCC2)s1. The fourth-order valence-electron chi connectivity index (χ4n) is 1.49. The van der Waals surface area contributed by atoms with Gasteiger partial charge in [0.25, 0.3) is 0 Å². The maximum atomic E-state index is 10.4. The van der Waals surface area contributed by atoms with Crippen molar-refractivity contribution < 1.29 is 9.53 Å². The summed E-state index contributed by atoms with van der Waals surface area (Å²) in [4.78, 5) is 15.4. The van der Waals surface area contributed by atoms with Gasteiger partial charge in [0.2, 0.25) is 0 Å². The highest BCUT2D eigenvalue weighted by Gasteiger charge is 2.18. The number of aromatic nitrogens is 1. The zero-order valence-electron chi connectivity index (χ0n) is 7.23. The van der Waals surface area contributed by atoms with Crippen molar-refractivity contribution in [1.29, 1.82) is 0 Å². The van der Waals surface area contributed by atoms with Crippen molar-refractivity contribution in [2.24, 2.45) is 0 Å². The third-order valence-corrected chi connectivity index (χ3v) is 3.31. The predicted octanol–water partition coefficient (Wildman–Crippen LogP) is 1.85. The molecule has 0 aromatic carbocycles. The topological polar surface area (TPSA) is 39.2 Å². The lowest BCUT2D eigenvalue weighted by Gasteiger charge is -2.19. The van der Waals surface area contributed by atoms with Gasteiger partial charge in [-0.2, -0.15) is 0 Å². The van der Waals surface area contributed by atoms with Gasteiger partial charge in [-0.1, -0.05) is 0 Å². The normalized spacial score (nSPS) is 18.8. The third-order valence-electron chi connectivity index (χ3n) is 2.23. The first kappa shape index (κ1) is 8.84. The molecular formula is C9H11NO2S. The molecular weight excluding hydrogens is 186 g/mol. The number of carbonyl (C=O) groups excluding carboxylic acids is 1. The quantitative estimate of drug-likeness (QED) is 0.679. The molecule has 2 heterocycles. The molecule has 1 fully saturated rings. The Labute approximate surface area is 80.8 Å². The lowest BCUT2D eigenvalue weighted by Crippen LogP contribution is -2.13. The first-order valence-corrected chi connectivity index (χ1v) is 5.20. The molecule has 0 spiro atoms. The van der Waals surface area contributed by atoms with Gasteiger partial charge in [0.15, 0.2) is 6.29 Å². The fraction of sp³-hybridized carbons (Fsp3) is 0.556. The Morgan fingerprint density at radius 3 is 2.92 bits per heavy atom. The van der Waals surface area contributed by atoms with Crippen LogP contribution in [-0.4, -0.2) is 24.5 Å². The largest absolute Gasteiger partial charge is 0.381 e. The smallest absolute Gasteiger partial charge is 0.161 e. The summed E-state index contributed by atoms with van der Waals surface area (Å²) in [6.45, 7) is 1.64. The number of carbonyl (C=O) groups is 1. The van der Waals surface area contributed by atoms with Crippen molar-refractivity contribution in [3.05, 3.63) is 16.1 Å². The van der Waals surface area contributed by atoms with E-state index in [1.807, 2.05) is 0 Å². The van der Waals surface area contributed by atoms with E-state index in [4.69, 9.17) is 4.74 Å². The molecule has 0 radical (unpaired) electrons. The molecule has 0 aliphatic carbocycles. The molecule has 1 saturated heterocycles. The van der Waals surface area contributed by atoms with Gasteiger partial charge in [-0.25, -0.2) is 4.98 Å². The van der Waals surface area contributed by atoms with E-state index in [9.17, 15) is 4.79 Å². The Balaban J connectivity index is 2.09. The average molecular weight is 197 g/mol. The molecule has 0 amide bonds. The lowest BCUT2D eigenvalue weighted by molar-refractivity contribution is 0.0853. The Hall–Kier alpha value is -0.740. The molecule has 0 unspecified atom stereocenters. The van der Waals surface area contributed by atoms with Gasteiger partial charge in [-0.05, 0) is 12.8 Å². The minimum Gasteiger partial charge on any atom is -0.381 e. The van der Waals surface area contributed by atoms with E-state index >= 15 is 0 Å². The molecule has 0 atom stereocenters. The molecule has 1 aliphatic rings. The van der Waals surface area contributed by atoms with Gasteiger partial charge in [0.05, 0.1) is 9.88 Å². The highest BCUT2D eigenvalue weighted by atomic mass is 32.1. The van der Waals surface area contributed by atoms with Crippen LogP contribution in [0.15, 0.2) is 6.20 Å². The first-order chi connectivity index (χ1) is 6.40. The Kier molecular flexibility index (Phi) is 2.71. The van der Waals surface area contributed by atoms with Crippen molar-refractivity contribution in [2.75, 3.05) is 13.2 Å². The van der Waals surface area contributed by atoms with Crippen molar-refractivity contribution in [2.45, 2.75) is 18.8 Å². The van der Waals surface area contributed by atoms with Crippen LogP contribution < -0.4 is 0 Å². The number of hydrogen-bond donors (Lipinski definition) is 0. The van der Waals surface area contributed by atoms with Crippen molar-refractivity contribution >= 4 is 17.6 Å². The second-order valence-electron chi connectivity index (χ2n) is 3.11. The standard InChI is InChI=1S/C9H11NO2S/c11-6-8-5-10-9(13-8)7-1-3-12-4-2-7/h5-7H,1-4H2. The lowest BCUT2D eigenvalue weighted by atomic mass is 10.0. The molecule has 0 saturated carbocycles. The first-order valence-electron chi connectivity index (χ1n) is 4.39. The summed E-state index contributed by atoms with van der Waals surface area (Å²) in [6.07, 6.45) is 4.58. The number of hydrogen-bond acceptors (Lipinski definition) is 4. The van der Waals surface area contributed by atoms with Gasteiger partial charge in [-0.3, -0.25) is 4.79 Å². The summed E-state index contributed by atoms with van der Waals surface area (Å²) in [5.74, 6) is 0.507. The van der Waals surface area contributed by atoms with Crippen molar-refractivity contribution in [3.8, 4) is 0 Å². The molecule has 1 aromatic heterocycles. The van der Waals surface area contributed by atoms with E-state index in [2.05, 4.69) is 4.98 Å². The number of nitrogens with zero attached hydrogens (tertiary/aromatic N) is 1. The molecule has 3 nitrogen and oxygen atoms in total. The summed E-state index contributed by atoms with van der Waals surface area (Å²) in [7, 11) is 0.